The monoisotopic (exact) mass is 671 g/mol. The maximum atomic E-state index is 12.4. The van der Waals surface area contributed by atoms with Gasteiger partial charge in [-0.2, -0.15) is 0 Å². The molecule has 0 aliphatic heterocycles. The number of rotatable bonds is 30. The first-order valence-electron chi connectivity index (χ1n) is 16.7. The van der Waals surface area contributed by atoms with E-state index in [1.165, 1.54) is 38.5 Å². The third-order valence-electron chi connectivity index (χ3n) is 6.57. The van der Waals surface area contributed by atoms with E-state index in [0.717, 1.165) is 38.5 Å². The van der Waals surface area contributed by atoms with Crippen LogP contribution in [0.4, 0.5) is 0 Å². The van der Waals surface area contributed by atoms with E-state index in [1.807, 2.05) is 12.2 Å². The highest BCUT2D eigenvalue weighted by Gasteiger charge is 2.28. The SMILES string of the molecule is CC/C=C/C/C=C/CCCCC(=O)OCC(COP(=O)(O)OC[C@H](N)C(=O)O)OC(=O)CC/C=C/C/C=C/CCCCCCCC. The molecule has 0 aromatic carbocycles. The van der Waals surface area contributed by atoms with Gasteiger partial charge in [0, 0.05) is 12.8 Å². The topological polar surface area (TPSA) is 172 Å². The third-order valence-corrected chi connectivity index (χ3v) is 7.52. The van der Waals surface area contributed by atoms with Crippen LogP contribution in [0.2, 0.25) is 0 Å². The van der Waals surface area contributed by atoms with Crippen molar-refractivity contribution >= 4 is 25.7 Å². The zero-order valence-electron chi connectivity index (χ0n) is 27.9. The van der Waals surface area contributed by atoms with Crippen LogP contribution in [0.15, 0.2) is 48.6 Å². The number of hydrogen-bond acceptors (Lipinski definition) is 9. The molecule has 0 aliphatic rings. The lowest BCUT2D eigenvalue weighted by Gasteiger charge is -2.20. The largest absolute Gasteiger partial charge is 0.480 e. The molecule has 264 valence electrons. The third kappa shape index (κ3) is 28.9. The number of carbonyl (C=O) groups excluding carboxylic acids is 2. The number of unbranched alkanes of at least 4 members (excludes halogenated alkanes) is 8. The summed E-state index contributed by atoms with van der Waals surface area (Å²) >= 11 is 0. The van der Waals surface area contributed by atoms with Gasteiger partial charge in [0.15, 0.2) is 6.10 Å². The zero-order chi connectivity index (χ0) is 34.3. The van der Waals surface area contributed by atoms with Crippen LogP contribution in [0.1, 0.15) is 117 Å². The van der Waals surface area contributed by atoms with Crippen molar-refractivity contribution in [1.29, 1.82) is 0 Å². The summed E-state index contributed by atoms with van der Waals surface area (Å²) in [4.78, 5) is 45.4. The van der Waals surface area contributed by atoms with Crippen molar-refractivity contribution in [2.75, 3.05) is 19.8 Å². The first-order chi connectivity index (χ1) is 22.1. The van der Waals surface area contributed by atoms with Crippen molar-refractivity contribution in [3.8, 4) is 0 Å². The minimum Gasteiger partial charge on any atom is -0.480 e. The van der Waals surface area contributed by atoms with Crippen molar-refractivity contribution in [1.82, 2.24) is 0 Å². The molecule has 0 radical (unpaired) electrons. The summed E-state index contributed by atoms with van der Waals surface area (Å²) in [6.07, 6.45) is 29.5. The maximum Gasteiger partial charge on any atom is 0.472 e. The molecule has 0 rings (SSSR count). The number of esters is 2. The van der Waals surface area contributed by atoms with Crippen LogP contribution in [0, 0.1) is 0 Å². The van der Waals surface area contributed by atoms with Crippen LogP contribution in [0.25, 0.3) is 0 Å². The quantitative estimate of drug-likeness (QED) is 0.0299. The molecule has 0 spiro atoms. The molecule has 0 bridgehead atoms. The summed E-state index contributed by atoms with van der Waals surface area (Å²) < 4.78 is 32.2. The van der Waals surface area contributed by atoms with Gasteiger partial charge in [-0.3, -0.25) is 23.4 Å². The van der Waals surface area contributed by atoms with Gasteiger partial charge in [-0.05, 0) is 57.8 Å². The average Bonchev–Trinajstić information content (AvgIpc) is 3.02. The Morgan fingerprint density at radius 2 is 1.26 bits per heavy atom. The van der Waals surface area contributed by atoms with Crippen molar-refractivity contribution in [2.24, 2.45) is 5.73 Å². The molecule has 0 aromatic rings. The molecule has 2 unspecified atom stereocenters. The second-order valence-electron chi connectivity index (χ2n) is 10.9. The number of carboxylic acids is 1. The van der Waals surface area contributed by atoms with Crippen molar-refractivity contribution < 1.29 is 47.5 Å². The normalized spacial score (nSPS) is 14.7. The fraction of sp³-hybridized carbons (Fsp3) is 0.676. The van der Waals surface area contributed by atoms with Gasteiger partial charge >= 0.3 is 25.7 Å². The van der Waals surface area contributed by atoms with E-state index >= 15 is 0 Å². The Morgan fingerprint density at radius 1 is 0.696 bits per heavy atom. The second-order valence-corrected chi connectivity index (χ2v) is 12.4. The zero-order valence-corrected chi connectivity index (χ0v) is 28.8. The lowest BCUT2D eigenvalue weighted by molar-refractivity contribution is -0.161. The van der Waals surface area contributed by atoms with Gasteiger partial charge in [0.1, 0.15) is 12.6 Å². The molecule has 0 amide bonds. The van der Waals surface area contributed by atoms with Gasteiger partial charge in [0.05, 0.1) is 13.2 Å². The molecular weight excluding hydrogens is 613 g/mol. The average molecular weight is 672 g/mol. The smallest absolute Gasteiger partial charge is 0.472 e. The molecule has 0 fully saturated rings. The number of phosphoric acid groups is 1. The Balaban J connectivity index is 4.66. The fourth-order valence-electron chi connectivity index (χ4n) is 3.92. The van der Waals surface area contributed by atoms with Gasteiger partial charge in [-0.15, -0.1) is 0 Å². The molecule has 4 N–H and O–H groups in total. The Labute approximate surface area is 275 Å². The minimum absolute atomic E-state index is 0.0466. The number of aliphatic carboxylic acids is 1. The van der Waals surface area contributed by atoms with Crippen LogP contribution >= 0.6 is 7.82 Å². The summed E-state index contributed by atoms with van der Waals surface area (Å²) in [5, 5.41) is 8.82. The second kappa shape index (κ2) is 29.8. The summed E-state index contributed by atoms with van der Waals surface area (Å²) in [5.41, 5.74) is 5.29. The van der Waals surface area contributed by atoms with Crippen LogP contribution in [0.3, 0.4) is 0 Å². The number of ether oxygens (including phenoxy) is 2. The number of hydrogen-bond donors (Lipinski definition) is 3. The van der Waals surface area contributed by atoms with E-state index in [9.17, 15) is 23.8 Å². The Kier molecular flexibility index (Phi) is 28.2. The number of nitrogens with two attached hydrogens (primary N) is 1. The van der Waals surface area contributed by atoms with Crippen LogP contribution in [0.5, 0.6) is 0 Å². The minimum atomic E-state index is -4.72. The molecule has 0 aromatic heterocycles. The lowest BCUT2D eigenvalue weighted by Crippen LogP contribution is -2.34. The standard InChI is InChI=1S/C34H58NO10P/c1-3-5-7-9-11-13-14-15-16-18-20-22-24-26-33(37)45-30(28-43-46(40,41)44-29-31(35)34(38)39)27-42-32(36)25-23-21-19-17-12-10-8-6-4-2/h6,8,12,15-17,20,22,30-31H,3-5,7,9-11,13-14,18-19,21,23-29,35H2,1-2H3,(H,38,39)(H,40,41)/b8-6+,16-15+,17-12+,22-20+/t30?,31-/m0/s1. The van der Waals surface area contributed by atoms with Gasteiger partial charge in [0.2, 0.25) is 0 Å². The van der Waals surface area contributed by atoms with Gasteiger partial charge in [0.25, 0.3) is 0 Å². The highest BCUT2D eigenvalue weighted by Crippen LogP contribution is 2.43. The highest BCUT2D eigenvalue weighted by molar-refractivity contribution is 7.47. The molecular formula is C34H58NO10P. The van der Waals surface area contributed by atoms with E-state index in [2.05, 4.69) is 54.8 Å². The number of allylic oxidation sites excluding steroid dienone is 8. The van der Waals surface area contributed by atoms with Gasteiger partial charge in [-0.25, -0.2) is 4.57 Å². The van der Waals surface area contributed by atoms with E-state index in [0.29, 0.717) is 12.8 Å². The Hall–Kier alpha value is -2.56. The van der Waals surface area contributed by atoms with Crippen LogP contribution in [-0.4, -0.2) is 59.9 Å². The van der Waals surface area contributed by atoms with E-state index in [-0.39, 0.29) is 19.4 Å². The van der Waals surface area contributed by atoms with Crippen molar-refractivity contribution in [3.63, 3.8) is 0 Å². The predicted octanol–water partition coefficient (Wildman–Crippen LogP) is 7.49. The Bertz CT molecular complexity index is 979. The molecule has 0 aliphatic carbocycles. The molecule has 0 heterocycles. The maximum absolute atomic E-state index is 12.4. The fourth-order valence-corrected chi connectivity index (χ4v) is 4.70. The van der Waals surface area contributed by atoms with E-state index in [4.69, 9.17) is 24.8 Å². The van der Waals surface area contributed by atoms with Crippen LogP contribution in [-0.2, 0) is 37.5 Å². The summed E-state index contributed by atoms with van der Waals surface area (Å²) in [5.74, 6) is -2.52. The lowest BCUT2D eigenvalue weighted by atomic mass is 10.1. The molecule has 0 saturated carbocycles. The number of carbonyl (C=O) groups is 3. The molecule has 0 saturated heterocycles. The molecule has 12 heteroatoms. The summed E-state index contributed by atoms with van der Waals surface area (Å²) in [6, 6.07) is -1.53. The molecule has 3 atom stereocenters. The van der Waals surface area contributed by atoms with Crippen molar-refractivity contribution in [2.45, 2.75) is 129 Å². The van der Waals surface area contributed by atoms with Gasteiger partial charge in [-0.1, -0.05) is 94.6 Å². The first kappa shape index (κ1) is 43.4. The first-order valence-corrected chi connectivity index (χ1v) is 18.2. The predicted molar refractivity (Wildman–Crippen MR) is 180 cm³/mol. The highest BCUT2D eigenvalue weighted by atomic mass is 31.2. The van der Waals surface area contributed by atoms with Crippen LogP contribution < -0.4 is 5.73 Å². The van der Waals surface area contributed by atoms with Crippen molar-refractivity contribution in [3.05, 3.63) is 48.6 Å². The summed E-state index contributed by atoms with van der Waals surface area (Å²) in [7, 11) is -4.72. The number of phosphoric ester groups is 1. The molecule has 46 heavy (non-hydrogen) atoms. The summed E-state index contributed by atoms with van der Waals surface area (Å²) in [6.45, 7) is 2.51. The number of carboxylic acid groups (broad SMARTS) is 1. The van der Waals surface area contributed by atoms with Gasteiger partial charge < -0.3 is 25.2 Å². The Morgan fingerprint density at radius 3 is 1.89 bits per heavy atom. The van der Waals surface area contributed by atoms with E-state index in [1.54, 1.807) is 0 Å². The van der Waals surface area contributed by atoms with E-state index < -0.39 is 51.1 Å². The molecule has 11 nitrogen and oxygen atoms in total.